The minimum atomic E-state index is -1.20. The van der Waals surface area contributed by atoms with Crippen LogP contribution in [0.1, 0.15) is 6.92 Å². The Labute approximate surface area is 76.7 Å². The van der Waals surface area contributed by atoms with E-state index in [0.717, 1.165) is 0 Å². The molecule has 1 rings (SSSR count). The fraction of sp³-hybridized carbons (Fsp3) is 0.625. The maximum Gasteiger partial charge on any atom is 0.411 e. The smallest absolute Gasteiger partial charge is 0.411 e. The molecular formula is C8H13NO4. The Hall–Kier alpha value is -1.07. The van der Waals surface area contributed by atoms with Crippen molar-refractivity contribution in [3.05, 3.63) is 12.7 Å². The van der Waals surface area contributed by atoms with Gasteiger partial charge in [0.25, 0.3) is 5.91 Å². The van der Waals surface area contributed by atoms with Gasteiger partial charge in [0.2, 0.25) is 0 Å². The number of nitrogens with one attached hydrogen (secondary N) is 1. The van der Waals surface area contributed by atoms with Crippen LogP contribution in [-0.2, 0) is 14.2 Å². The predicted octanol–water partition coefficient (Wildman–Crippen LogP) is 0.619. The molecule has 1 aliphatic heterocycles. The number of carbonyl (C=O) groups excluding carboxylic acids is 1. The third-order valence-corrected chi connectivity index (χ3v) is 1.54. The molecule has 0 atom stereocenters. The van der Waals surface area contributed by atoms with E-state index in [4.69, 9.17) is 9.47 Å². The van der Waals surface area contributed by atoms with Crippen LogP contribution < -0.4 is 5.32 Å². The van der Waals surface area contributed by atoms with Crippen molar-refractivity contribution in [3.8, 4) is 0 Å². The van der Waals surface area contributed by atoms with Gasteiger partial charge in [-0.25, -0.2) is 4.79 Å². The van der Waals surface area contributed by atoms with Crippen molar-refractivity contribution in [2.45, 2.75) is 12.8 Å². The van der Waals surface area contributed by atoms with Gasteiger partial charge in [-0.3, -0.25) is 5.32 Å². The minimum absolute atomic E-state index is 0.305. The quantitative estimate of drug-likeness (QED) is 0.658. The van der Waals surface area contributed by atoms with E-state index in [2.05, 4.69) is 16.6 Å². The number of amides is 1. The first-order valence-corrected chi connectivity index (χ1v) is 4.09. The van der Waals surface area contributed by atoms with Gasteiger partial charge in [-0.2, -0.15) is 0 Å². The molecule has 0 aliphatic carbocycles. The first-order chi connectivity index (χ1) is 6.22. The van der Waals surface area contributed by atoms with Crippen molar-refractivity contribution in [2.24, 2.45) is 0 Å². The molecule has 13 heavy (non-hydrogen) atoms. The highest BCUT2D eigenvalue weighted by molar-refractivity contribution is 5.68. The van der Waals surface area contributed by atoms with Crippen molar-refractivity contribution < 1.29 is 19.0 Å². The van der Waals surface area contributed by atoms with Crippen LogP contribution >= 0.6 is 0 Å². The van der Waals surface area contributed by atoms with Crippen LogP contribution in [0.25, 0.3) is 0 Å². The van der Waals surface area contributed by atoms with Gasteiger partial charge in [0.15, 0.2) is 0 Å². The summed E-state index contributed by atoms with van der Waals surface area (Å²) in [6, 6.07) is 0. The number of carbonyl (C=O) groups is 1. The lowest BCUT2D eigenvalue weighted by atomic mass is 10.5. The second-order valence-electron chi connectivity index (χ2n) is 2.41. The minimum Gasteiger partial charge on any atom is -0.450 e. The van der Waals surface area contributed by atoms with Gasteiger partial charge in [0, 0.05) is 0 Å². The largest absolute Gasteiger partial charge is 0.450 e. The molecule has 0 unspecified atom stereocenters. The van der Waals surface area contributed by atoms with E-state index in [0.29, 0.717) is 19.8 Å². The fourth-order valence-electron chi connectivity index (χ4n) is 0.979. The Balaban J connectivity index is 2.48. The third-order valence-electron chi connectivity index (χ3n) is 1.54. The van der Waals surface area contributed by atoms with E-state index in [1.165, 1.54) is 6.08 Å². The van der Waals surface area contributed by atoms with E-state index in [1.807, 2.05) is 0 Å². The Bertz CT molecular complexity index is 198. The van der Waals surface area contributed by atoms with Gasteiger partial charge in [0.1, 0.15) is 0 Å². The van der Waals surface area contributed by atoms with Crippen molar-refractivity contribution in [1.29, 1.82) is 0 Å². The van der Waals surface area contributed by atoms with Gasteiger partial charge in [-0.05, 0) is 13.0 Å². The molecule has 74 valence electrons. The zero-order chi connectivity index (χ0) is 9.73. The first-order valence-electron chi connectivity index (χ1n) is 4.09. The normalized spacial score (nSPS) is 19.5. The van der Waals surface area contributed by atoms with Gasteiger partial charge in [-0.1, -0.05) is 6.58 Å². The molecule has 1 heterocycles. The van der Waals surface area contributed by atoms with E-state index in [-0.39, 0.29) is 0 Å². The van der Waals surface area contributed by atoms with Crippen molar-refractivity contribution in [1.82, 2.24) is 5.32 Å². The summed E-state index contributed by atoms with van der Waals surface area (Å²) in [5.74, 6) is -1.20. The monoisotopic (exact) mass is 187 g/mol. The number of ether oxygens (including phenoxy) is 3. The Morgan fingerprint density at radius 1 is 1.69 bits per heavy atom. The molecule has 1 fully saturated rings. The lowest BCUT2D eigenvalue weighted by molar-refractivity contribution is -0.134. The summed E-state index contributed by atoms with van der Waals surface area (Å²) in [6.45, 7) is 6.39. The standard InChI is InChI=1S/C8H13NO4/c1-3-8(12-5-6-13-8)9-7(10)11-4-2/h3H,1,4-6H2,2H3,(H,9,10). The lowest BCUT2D eigenvalue weighted by Crippen LogP contribution is -2.47. The molecule has 0 saturated carbocycles. The molecule has 0 aromatic rings. The van der Waals surface area contributed by atoms with Crippen LogP contribution in [0.3, 0.4) is 0 Å². The molecule has 1 aliphatic rings. The second kappa shape index (κ2) is 4.25. The Morgan fingerprint density at radius 3 is 2.77 bits per heavy atom. The molecule has 1 saturated heterocycles. The van der Waals surface area contributed by atoms with Gasteiger partial charge >= 0.3 is 6.09 Å². The Morgan fingerprint density at radius 2 is 2.31 bits per heavy atom. The van der Waals surface area contributed by atoms with E-state index < -0.39 is 12.0 Å². The molecule has 0 aromatic heterocycles. The summed E-state index contributed by atoms with van der Waals surface area (Å²) in [5.41, 5.74) is 0. The van der Waals surface area contributed by atoms with Crippen LogP contribution in [0.2, 0.25) is 0 Å². The van der Waals surface area contributed by atoms with Crippen LogP contribution in [0.4, 0.5) is 4.79 Å². The maximum absolute atomic E-state index is 11.0. The molecule has 0 radical (unpaired) electrons. The average molecular weight is 187 g/mol. The third kappa shape index (κ3) is 2.43. The summed E-state index contributed by atoms with van der Waals surface area (Å²) < 4.78 is 15.0. The molecule has 5 nitrogen and oxygen atoms in total. The number of alkyl carbamates (subject to hydrolysis) is 1. The maximum atomic E-state index is 11.0. The summed E-state index contributed by atoms with van der Waals surface area (Å²) in [6.07, 6.45) is 0.806. The summed E-state index contributed by atoms with van der Waals surface area (Å²) in [7, 11) is 0. The van der Waals surface area contributed by atoms with Crippen molar-refractivity contribution in [3.63, 3.8) is 0 Å². The van der Waals surface area contributed by atoms with Gasteiger partial charge in [0.05, 0.1) is 19.8 Å². The fourth-order valence-corrected chi connectivity index (χ4v) is 0.979. The topological polar surface area (TPSA) is 56.8 Å². The summed E-state index contributed by atoms with van der Waals surface area (Å²) in [4.78, 5) is 11.0. The van der Waals surface area contributed by atoms with Crippen LogP contribution in [0.5, 0.6) is 0 Å². The predicted molar refractivity (Wildman–Crippen MR) is 45.0 cm³/mol. The zero-order valence-corrected chi connectivity index (χ0v) is 7.54. The van der Waals surface area contributed by atoms with E-state index >= 15 is 0 Å². The molecule has 1 N–H and O–H groups in total. The van der Waals surface area contributed by atoms with Gasteiger partial charge < -0.3 is 14.2 Å². The lowest BCUT2D eigenvalue weighted by Gasteiger charge is -2.23. The van der Waals surface area contributed by atoms with Crippen LogP contribution in [-0.4, -0.2) is 31.8 Å². The Kier molecular flexibility index (Phi) is 3.27. The SMILES string of the molecule is C=CC1(NC(=O)OCC)OCCO1. The molecule has 0 aromatic carbocycles. The average Bonchev–Trinajstić information content (AvgIpc) is 2.54. The van der Waals surface area contributed by atoms with Crippen molar-refractivity contribution >= 4 is 6.09 Å². The highest BCUT2D eigenvalue weighted by atomic mass is 16.8. The van der Waals surface area contributed by atoms with Crippen molar-refractivity contribution in [2.75, 3.05) is 19.8 Å². The van der Waals surface area contributed by atoms with E-state index in [9.17, 15) is 4.79 Å². The summed E-state index contributed by atoms with van der Waals surface area (Å²) >= 11 is 0. The van der Waals surface area contributed by atoms with Crippen LogP contribution in [0, 0.1) is 0 Å². The summed E-state index contributed by atoms with van der Waals surface area (Å²) in [5, 5.41) is 2.42. The molecule has 5 heteroatoms. The number of hydrogen-bond donors (Lipinski definition) is 1. The molecule has 0 spiro atoms. The number of hydrogen-bond acceptors (Lipinski definition) is 4. The van der Waals surface area contributed by atoms with Gasteiger partial charge in [-0.15, -0.1) is 0 Å². The molecular weight excluding hydrogens is 174 g/mol. The second-order valence-corrected chi connectivity index (χ2v) is 2.41. The van der Waals surface area contributed by atoms with E-state index in [1.54, 1.807) is 6.92 Å². The molecule has 0 bridgehead atoms. The van der Waals surface area contributed by atoms with Crippen LogP contribution in [0.15, 0.2) is 12.7 Å². The first kappa shape index (κ1) is 10.0. The highest BCUT2D eigenvalue weighted by Crippen LogP contribution is 2.16. The highest BCUT2D eigenvalue weighted by Gasteiger charge is 2.35. The molecule has 1 amide bonds. The number of rotatable bonds is 3. The zero-order valence-electron chi connectivity index (χ0n) is 7.54.